The number of likely N-dealkylation sites (tertiary alicyclic amines) is 1. The summed E-state index contributed by atoms with van der Waals surface area (Å²) < 4.78 is 5.36. The zero-order valence-electron chi connectivity index (χ0n) is 10.5. The SMILES string of the molecule is CC.COC1CCCN(CC(C)C)C1. The van der Waals surface area contributed by atoms with Gasteiger partial charge >= 0.3 is 0 Å². The number of hydrogen-bond acceptors (Lipinski definition) is 2. The largest absolute Gasteiger partial charge is 0.380 e. The summed E-state index contributed by atoms with van der Waals surface area (Å²) in [6.07, 6.45) is 3.02. The summed E-state index contributed by atoms with van der Waals surface area (Å²) in [5.74, 6) is 0.778. The first-order valence-electron chi connectivity index (χ1n) is 5.97. The second-order valence-electron chi connectivity index (χ2n) is 4.15. The molecule has 0 aliphatic carbocycles. The van der Waals surface area contributed by atoms with Crippen LogP contribution in [0.1, 0.15) is 40.5 Å². The van der Waals surface area contributed by atoms with Crippen LogP contribution in [0.15, 0.2) is 0 Å². The van der Waals surface area contributed by atoms with Crippen LogP contribution in [-0.4, -0.2) is 37.7 Å². The number of rotatable bonds is 3. The summed E-state index contributed by atoms with van der Waals surface area (Å²) in [4.78, 5) is 2.52. The molecule has 1 rings (SSSR count). The lowest BCUT2D eigenvalue weighted by molar-refractivity contribution is 0.0276. The van der Waals surface area contributed by atoms with Gasteiger partial charge in [-0.05, 0) is 25.3 Å². The fourth-order valence-electron chi connectivity index (χ4n) is 1.89. The number of hydrogen-bond donors (Lipinski definition) is 0. The first-order valence-corrected chi connectivity index (χ1v) is 5.97. The van der Waals surface area contributed by atoms with E-state index in [-0.39, 0.29) is 0 Å². The average Bonchev–Trinajstić information content (AvgIpc) is 2.20. The van der Waals surface area contributed by atoms with Crippen LogP contribution in [0.4, 0.5) is 0 Å². The fourth-order valence-corrected chi connectivity index (χ4v) is 1.89. The van der Waals surface area contributed by atoms with Crippen LogP contribution < -0.4 is 0 Å². The van der Waals surface area contributed by atoms with Crippen LogP contribution in [0.2, 0.25) is 0 Å². The Morgan fingerprint density at radius 1 is 1.36 bits per heavy atom. The van der Waals surface area contributed by atoms with E-state index in [0.29, 0.717) is 6.10 Å². The van der Waals surface area contributed by atoms with Gasteiger partial charge < -0.3 is 9.64 Å². The summed E-state index contributed by atoms with van der Waals surface area (Å²) in [5.41, 5.74) is 0. The molecular formula is C12H27NO. The predicted octanol–water partition coefficient (Wildman–Crippen LogP) is 2.78. The van der Waals surface area contributed by atoms with E-state index in [1.165, 1.54) is 25.9 Å². The molecule has 0 saturated carbocycles. The second-order valence-corrected chi connectivity index (χ2v) is 4.15. The highest BCUT2D eigenvalue weighted by Crippen LogP contribution is 2.13. The second kappa shape index (κ2) is 8.25. The lowest BCUT2D eigenvalue weighted by atomic mass is 10.1. The van der Waals surface area contributed by atoms with Crippen molar-refractivity contribution in [2.24, 2.45) is 5.92 Å². The van der Waals surface area contributed by atoms with Gasteiger partial charge in [0.05, 0.1) is 6.10 Å². The molecule has 1 fully saturated rings. The molecule has 0 N–H and O–H groups in total. The highest BCUT2D eigenvalue weighted by molar-refractivity contribution is 4.73. The van der Waals surface area contributed by atoms with Crippen LogP contribution in [0.3, 0.4) is 0 Å². The van der Waals surface area contributed by atoms with Gasteiger partial charge in [-0.1, -0.05) is 27.7 Å². The van der Waals surface area contributed by atoms with Gasteiger partial charge in [-0.15, -0.1) is 0 Å². The highest BCUT2D eigenvalue weighted by Gasteiger charge is 2.19. The molecule has 1 atom stereocenters. The minimum Gasteiger partial charge on any atom is -0.380 e. The molecule has 2 nitrogen and oxygen atoms in total. The number of piperidine rings is 1. The molecule has 86 valence electrons. The van der Waals surface area contributed by atoms with Crippen molar-refractivity contribution in [1.29, 1.82) is 0 Å². The fraction of sp³-hybridized carbons (Fsp3) is 1.00. The van der Waals surface area contributed by atoms with Crippen molar-refractivity contribution in [3.63, 3.8) is 0 Å². The summed E-state index contributed by atoms with van der Waals surface area (Å²) in [6.45, 7) is 12.2. The molecule has 1 unspecified atom stereocenters. The third-order valence-electron chi connectivity index (χ3n) is 2.42. The minimum absolute atomic E-state index is 0.484. The van der Waals surface area contributed by atoms with Crippen molar-refractivity contribution < 1.29 is 4.74 Å². The van der Waals surface area contributed by atoms with Gasteiger partial charge in [0.2, 0.25) is 0 Å². The van der Waals surface area contributed by atoms with E-state index >= 15 is 0 Å². The van der Waals surface area contributed by atoms with Crippen molar-refractivity contribution in [2.45, 2.75) is 46.6 Å². The maximum Gasteiger partial charge on any atom is 0.0698 e. The Bertz CT molecular complexity index is 125. The summed E-state index contributed by atoms with van der Waals surface area (Å²) in [5, 5.41) is 0. The Morgan fingerprint density at radius 2 is 2.00 bits per heavy atom. The van der Waals surface area contributed by atoms with E-state index in [1.54, 1.807) is 0 Å². The molecule has 1 saturated heterocycles. The molecule has 0 aromatic heterocycles. The van der Waals surface area contributed by atoms with Crippen LogP contribution in [0.5, 0.6) is 0 Å². The van der Waals surface area contributed by atoms with Gasteiger partial charge in [0, 0.05) is 20.2 Å². The standard InChI is InChI=1S/C10H21NO.C2H6/c1-9(2)7-11-6-4-5-10(8-11)12-3;1-2/h9-10H,4-8H2,1-3H3;1-2H3. The Morgan fingerprint density at radius 3 is 2.50 bits per heavy atom. The minimum atomic E-state index is 0.484. The zero-order valence-corrected chi connectivity index (χ0v) is 10.5. The number of ether oxygens (including phenoxy) is 1. The summed E-state index contributed by atoms with van der Waals surface area (Å²) in [7, 11) is 1.82. The molecular weight excluding hydrogens is 174 g/mol. The van der Waals surface area contributed by atoms with E-state index in [9.17, 15) is 0 Å². The molecule has 1 aliphatic rings. The zero-order chi connectivity index (χ0) is 11.0. The first kappa shape index (κ1) is 13.9. The van der Waals surface area contributed by atoms with Gasteiger partial charge in [-0.25, -0.2) is 0 Å². The van der Waals surface area contributed by atoms with Crippen LogP contribution >= 0.6 is 0 Å². The van der Waals surface area contributed by atoms with Crippen LogP contribution in [0, 0.1) is 5.92 Å². The summed E-state index contributed by atoms with van der Waals surface area (Å²) in [6, 6.07) is 0. The van der Waals surface area contributed by atoms with Crippen molar-refractivity contribution in [3.05, 3.63) is 0 Å². The van der Waals surface area contributed by atoms with Gasteiger partial charge in [0.25, 0.3) is 0 Å². The Kier molecular flexibility index (Phi) is 8.20. The van der Waals surface area contributed by atoms with E-state index in [4.69, 9.17) is 4.74 Å². The molecule has 14 heavy (non-hydrogen) atoms. The Balaban J connectivity index is 0.000000791. The predicted molar refractivity (Wildman–Crippen MR) is 62.7 cm³/mol. The van der Waals surface area contributed by atoms with E-state index in [0.717, 1.165) is 12.5 Å². The lowest BCUT2D eigenvalue weighted by Crippen LogP contribution is -2.40. The van der Waals surface area contributed by atoms with Crippen molar-refractivity contribution in [3.8, 4) is 0 Å². The van der Waals surface area contributed by atoms with E-state index in [1.807, 2.05) is 21.0 Å². The highest BCUT2D eigenvalue weighted by atomic mass is 16.5. The number of methoxy groups -OCH3 is 1. The van der Waals surface area contributed by atoms with Crippen LogP contribution in [0.25, 0.3) is 0 Å². The molecule has 0 bridgehead atoms. The topological polar surface area (TPSA) is 12.5 Å². The third kappa shape index (κ3) is 5.61. The van der Waals surface area contributed by atoms with Gasteiger partial charge in [0.15, 0.2) is 0 Å². The molecule has 1 aliphatic heterocycles. The van der Waals surface area contributed by atoms with Crippen molar-refractivity contribution in [2.75, 3.05) is 26.7 Å². The first-order chi connectivity index (χ1) is 6.72. The monoisotopic (exact) mass is 201 g/mol. The molecule has 0 radical (unpaired) electrons. The number of nitrogens with zero attached hydrogens (tertiary/aromatic N) is 1. The molecule has 0 spiro atoms. The summed E-state index contributed by atoms with van der Waals surface area (Å²) >= 11 is 0. The van der Waals surface area contributed by atoms with Gasteiger partial charge in [-0.2, -0.15) is 0 Å². The smallest absolute Gasteiger partial charge is 0.0698 e. The molecule has 0 aromatic rings. The molecule has 0 aromatic carbocycles. The lowest BCUT2D eigenvalue weighted by Gasteiger charge is -2.32. The third-order valence-corrected chi connectivity index (χ3v) is 2.42. The van der Waals surface area contributed by atoms with Gasteiger partial charge in [-0.3, -0.25) is 0 Å². The molecule has 2 heteroatoms. The average molecular weight is 201 g/mol. The molecule has 0 amide bonds. The maximum atomic E-state index is 5.36. The quantitative estimate of drug-likeness (QED) is 0.696. The van der Waals surface area contributed by atoms with Gasteiger partial charge in [0.1, 0.15) is 0 Å². The van der Waals surface area contributed by atoms with E-state index < -0.39 is 0 Å². The van der Waals surface area contributed by atoms with Crippen molar-refractivity contribution >= 4 is 0 Å². The van der Waals surface area contributed by atoms with E-state index in [2.05, 4.69) is 18.7 Å². The van der Waals surface area contributed by atoms with Crippen molar-refractivity contribution in [1.82, 2.24) is 4.90 Å². The van der Waals surface area contributed by atoms with Crippen LogP contribution in [-0.2, 0) is 4.74 Å². The molecule has 1 heterocycles. The Hall–Kier alpha value is -0.0800. The Labute approximate surface area is 89.6 Å². The normalized spacial score (nSPS) is 23.1. The maximum absolute atomic E-state index is 5.36.